The van der Waals surface area contributed by atoms with E-state index in [1.807, 2.05) is 31.2 Å². The Morgan fingerprint density at radius 1 is 1.00 bits per heavy atom. The molecule has 0 bridgehead atoms. The summed E-state index contributed by atoms with van der Waals surface area (Å²) in [5, 5.41) is 2.78. The predicted octanol–water partition coefficient (Wildman–Crippen LogP) is 3.80. The van der Waals surface area contributed by atoms with Gasteiger partial charge in [-0.3, -0.25) is 4.79 Å². The maximum Gasteiger partial charge on any atom is 0.422 e. The molecule has 2 aromatic rings. The molecule has 0 aromatic heterocycles. The lowest BCUT2D eigenvalue weighted by Crippen LogP contribution is -2.24. The molecule has 0 unspecified atom stereocenters. The Morgan fingerprint density at radius 2 is 1.58 bits per heavy atom. The number of carbonyl (C=O) groups is 1. The molecule has 0 spiro atoms. The van der Waals surface area contributed by atoms with Crippen LogP contribution in [0.3, 0.4) is 0 Å². The van der Waals surface area contributed by atoms with Crippen molar-refractivity contribution in [2.45, 2.75) is 26.1 Å². The van der Waals surface area contributed by atoms with E-state index in [1.54, 1.807) is 12.1 Å². The fourth-order valence-corrected chi connectivity index (χ4v) is 2.02. The van der Waals surface area contributed by atoms with Crippen LogP contribution in [0, 0.1) is 6.92 Å². The maximum atomic E-state index is 12.1. The summed E-state index contributed by atoms with van der Waals surface area (Å²) in [5.74, 6) is 0.0262. The highest BCUT2D eigenvalue weighted by molar-refractivity contribution is 5.78. The highest BCUT2D eigenvalue weighted by Crippen LogP contribution is 2.18. The van der Waals surface area contributed by atoms with Crippen LogP contribution in [-0.2, 0) is 17.8 Å². The molecule has 0 aliphatic rings. The van der Waals surface area contributed by atoms with Gasteiger partial charge >= 0.3 is 6.18 Å². The van der Waals surface area contributed by atoms with Crippen molar-refractivity contribution >= 4 is 5.91 Å². The minimum atomic E-state index is -4.36. The van der Waals surface area contributed by atoms with Crippen LogP contribution in [0.5, 0.6) is 5.75 Å². The lowest BCUT2D eigenvalue weighted by Gasteiger charge is -2.10. The molecule has 24 heavy (non-hydrogen) atoms. The lowest BCUT2D eigenvalue weighted by molar-refractivity contribution is -0.153. The zero-order valence-corrected chi connectivity index (χ0v) is 13.2. The van der Waals surface area contributed by atoms with Crippen molar-refractivity contribution in [1.82, 2.24) is 5.32 Å². The molecule has 128 valence electrons. The monoisotopic (exact) mass is 337 g/mol. The van der Waals surface area contributed by atoms with E-state index in [1.165, 1.54) is 12.1 Å². The van der Waals surface area contributed by atoms with Gasteiger partial charge in [0, 0.05) is 6.54 Å². The van der Waals surface area contributed by atoms with Gasteiger partial charge in [-0.25, -0.2) is 0 Å². The highest BCUT2D eigenvalue weighted by atomic mass is 19.4. The molecule has 0 atom stereocenters. The molecule has 6 heteroatoms. The molecule has 1 amide bonds. The maximum absolute atomic E-state index is 12.1. The van der Waals surface area contributed by atoms with Gasteiger partial charge in [0.05, 0.1) is 6.42 Å². The van der Waals surface area contributed by atoms with Crippen LogP contribution in [0.25, 0.3) is 0 Å². The van der Waals surface area contributed by atoms with Gasteiger partial charge in [-0.2, -0.15) is 13.2 Å². The van der Waals surface area contributed by atoms with Crippen LogP contribution in [0.2, 0.25) is 0 Å². The number of nitrogens with one attached hydrogen (secondary N) is 1. The standard InChI is InChI=1S/C18H18F3NO2/c1-13-2-4-14(5-3-13)10-17(23)22-11-15-6-8-16(9-7-15)24-12-18(19,20)21/h2-9H,10-12H2,1H3,(H,22,23). The number of rotatable bonds is 6. The van der Waals surface area contributed by atoms with E-state index in [4.69, 9.17) is 0 Å². The van der Waals surface area contributed by atoms with Crippen molar-refractivity contribution in [2.24, 2.45) is 0 Å². The van der Waals surface area contributed by atoms with Gasteiger partial charge in [0.25, 0.3) is 0 Å². The van der Waals surface area contributed by atoms with Crippen molar-refractivity contribution in [2.75, 3.05) is 6.61 Å². The summed E-state index contributed by atoms with van der Waals surface area (Å²) in [6, 6.07) is 13.9. The van der Waals surface area contributed by atoms with E-state index >= 15 is 0 Å². The first-order chi connectivity index (χ1) is 11.3. The summed E-state index contributed by atoms with van der Waals surface area (Å²) >= 11 is 0. The van der Waals surface area contributed by atoms with Crippen molar-refractivity contribution < 1.29 is 22.7 Å². The molecule has 0 saturated carbocycles. The molecular formula is C18H18F3NO2. The number of amides is 1. The third-order valence-corrected chi connectivity index (χ3v) is 3.30. The summed E-state index contributed by atoms with van der Waals surface area (Å²) in [5.41, 5.74) is 2.84. The van der Waals surface area contributed by atoms with Crippen molar-refractivity contribution in [3.05, 3.63) is 65.2 Å². The Morgan fingerprint density at radius 3 is 2.17 bits per heavy atom. The molecule has 1 N–H and O–H groups in total. The number of carbonyl (C=O) groups excluding carboxylic acids is 1. The van der Waals surface area contributed by atoms with E-state index in [0.717, 1.165) is 16.7 Å². The van der Waals surface area contributed by atoms with Crippen LogP contribution < -0.4 is 10.1 Å². The van der Waals surface area contributed by atoms with E-state index < -0.39 is 12.8 Å². The topological polar surface area (TPSA) is 38.3 Å². The number of hydrogen-bond acceptors (Lipinski definition) is 2. The molecule has 0 aliphatic heterocycles. The molecule has 3 nitrogen and oxygen atoms in total. The van der Waals surface area contributed by atoms with Gasteiger partial charge in [0.15, 0.2) is 6.61 Å². The van der Waals surface area contributed by atoms with Crippen molar-refractivity contribution in [3.8, 4) is 5.75 Å². The summed E-state index contributed by atoms with van der Waals surface area (Å²) in [4.78, 5) is 11.9. The highest BCUT2D eigenvalue weighted by Gasteiger charge is 2.28. The zero-order chi connectivity index (χ0) is 17.6. The Kier molecular flexibility index (Phi) is 5.84. The largest absolute Gasteiger partial charge is 0.484 e. The van der Waals surface area contributed by atoms with Gasteiger partial charge in [-0.05, 0) is 30.2 Å². The second kappa shape index (κ2) is 7.86. The van der Waals surface area contributed by atoms with E-state index in [0.29, 0.717) is 6.54 Å². The number of hydrogen-bond donors (Lipinski definition) is 1. The molecule has 2 aromatic carbocycles. The Labute approximate surface area is 138 Å². The van der Waals surface area contributed by atoms with Crippen molar-refractivity contribution in [1.29, 1.82) is 0 Å². The van der Waals surface area contributed by atoms with E-state index in [9.17, 15) is 18.0 Å². The number of halogens is 3. The van der Waals surface area contributed by atoms with Crippen LogP contribution >= 0.6 is 0 Å². The quantitative estimate of drug-likeness (QED) is 0.871. The minimum Gasteiger partial charge on any atom is -0.484 e. The van der Waals surface area contributed by atoms with Gasteiger partial charge in [0.1, 0.15) is 5.75 Å². The third kappa shape index (κ3) is 6.32. The number of alkyl halides is 3. The summed E-state index contributed by atoms with van der Waals surface area (Å²) in [6.07, 6.45) is -4.07. The summed E-state index contributed by atoms with van der Waals surface area (Å²) in [6.45, 7) is 0.968. The SMILES string of the molecule is Cc1ccc(CC(=O)NCc2ccc(OCC(F)(F)F)cc2)cc1. The fourth-order valence-electron chi connectivity index (χ4n) is 2.02. The van der Waals surface area contributed by atoms with Crippen LogP contribution in [0.15, 0.2) is 48.5 Å². The van der Waals surface area contributed by atoms with Crippen LogP contribution in [0.1, 0.15) is 16.7 Å². The molecule has 0 radical (unpaired) electrons. The normalized spacial score (nSPS) is 11.2. The van der Waals surface area contributed by atoms with Gasteiger partial charge < -0.3 is 10.1 Å². The fraction of sp³-hybridized carbons (Fsp3) is 0.278. The average molecular weight is 337 g/mol. The third-order valence-electron chi connectivity index (χ3n) is 3.30. The number of ether oxygens (including phenoxy) is 1. The minimum absolute atomic E-state index is 0.115. The van der Waals surface area contributed by atoms with Gasteiger partial charge in [-0.15, -0.1) is 0 Å². The van der Waals surface area contributed by atoms with Gasteiger partial charge in [-0.1, -0.05) is 42.0 Å². The average Bonchev–Trinajstić information content (AvgIpc) is 2.53. The van der Waals surface area contributed by atoms with Crippen LogP contribution in [-0.4, -0.2) is 18.7 Å². The Bertz CT molecular complexity index is 664. The lowest BCUT2D eigenvalue weighted by atomic mass is 10.1. The zero-order valence-electron chi connectivity index (χ0n) is 13.2. The first-order valence-corrected chi connectivity index (χ1v) is 7.42. The molecular weight excluding hydrogens is 319 g/mol. The van der Waals surface area contributed by atoms with Crippen molar-refractivity contribution in [3.63, 3.8) is 0 Å². The summed E-state index contributed by atoms with van der Waals surface area (Å²) in [7, 11) is 0. The van der Waals surface area contributed by atoms with E-state index in [-0.39, 0.29) is 18.1 Å². The summed E-state index contributed by atoms with van der Waals surface area (Å²) < 4.78 is 40.8. The molecule has 2 rings (SSSR count). The number of benzene rings is 2. The van der Waals surface area contributed by atoms with E-state index in [2.05, 4.69) is 10.1 Å². The van der Waals surface area contributed by atoms with Gasteiger partial charge in [0.2, 0.25) is 5.91 Å². The van der Waals surface area contributed by atoms with Crippen LogP contribution in [0.4, 0.5) is 13.2 Å². The molecule has 0 aliphatic carbocycles. The first kappa shape index (κ1) is 17.8. The Hall–Kier alpha value is -2.50. The molecule has 0 heterocycles. The smallest absolute Gasteiger partial charge is 0.422 e. The predicted molar refractivity (Wildman–Crippen MR) is 84.7 cm³/mol. The Balaban J connectivity index is 1.79. The second-order valence-electron chi connectivity index (χ2n) is 5.49. The number of aryl methyl sites for hydroxylation is 1. The first-order valence-electron chi connectivity index (χ1n) is 7.42. The molecule has 0 fully saturated rings. The molecule has 0 saturated heterocycles. The second-order valence-corrected chi connectivity index (χ2v) is 5.49.